The lowest BCUT2D eigenvalue weighted by molar-refractivity contribution is -0.143. The van der Waals surface area contributed by atoms with Gasteiger partial charge in [0.25, 0.3) is 0 Å². The van der Waals surface area contributed by atoms with Gasteiger partial charge in [-0.1, -0.05) is 13.8 Å². The number of rotatable bonds is 5. The molecular formula is C10H20N2O2. The number of hydrogen-bond donors (Lipinski definition) is 2. The molecule has 2 atom stereocenters. The van der Waals surface area contributed by atoms with Crippen LogP contribution in [0.15, 0.2) is 0 Å². The highest BCUT2D eigenvalue weighted by molar-refractivity contribution is 5.70. The number of aliphatic carboxylic acids is 1. The van der Waals surface area contributed by atoms with Crippen LogP contribution in [0.1, 0.15) is 20.8 Å². The molecule has 1 rings (SSSR count). The number of hydrogen-bond acceptors (Lipinski definition) is 3. The maximum atomic E-state index is 10.8. The van der Waals surface area contributed by atoms with Crippen molar-refractivity contribution in [2.24, 2.45) is 5.92 Å². The van der Waals surface area contributed by atoms with Gasteiger partial charge in [-0.25, -0.2) is 0 Å². The summed E-state index contributed by atoms with van der Waals surface area (Å²) in [7, 11) is 0. The molecule has 2 N–H and O–H groups in total. The zero-order chi connectivity index (χ0) is 10.7. The van der Waals surface area contributed by atoms with Gasteiger partial charge in [-0.3, -0.25) is 9.69 Å². The van der Waals surface area contributed by atoms with Crippen molar-refractivity contribution in [2.75, 3.05) is 19.6 Å². The van der Waals surface area contributed by atoms with Gasteiger partial charge in [0.1, 0.15) is 0 Å². The standard InChI is InChI=1S/C10H20N2O2/c1-4-12(9-5-11-6-9)8(3)7(2)10(13)14/h7-9,11H,4-6H2,1-3H3,(H,13,14). The summed E-state index contributed by atoms with van der Waals surface area (Å²) in [6, 6.07) is 0.640. The highest BCUT2D eigenvalue weighted by Crippen LogP contribution is 2.16. The fourth-order valence-corrected chi connectivity index (χ4v) is 1.88. The van der Waals surface area contributed by atoms with Gasteiger partial charge in [-0.2, -0.15) is 0 Å². The summed E-state index contributed by atoms with van der Waals surface area (Å²) in [5, 5.41) is 12.1. The second kappa shape index (κ2) is 4.75. The van der Waals surface area contributed by atoms with Gasteiger partial charge in [0, 0.05) is 25.2 Å². The van der Waals surface area contributed by atoms with E-state index in [4.69, 9.17) is 5.11 Å². The second-order valence-electron chi connectivity index (χ2n) is 4.01. The summed E-state index contributed by atoms with van der Waals surface area (Å²) in [5.74, 6) is -1.00. The number of likely N-dealkylation sites (N-methyl/N-ethyl adjacent to an activating group) is 1. The minimum absolute atomic E-state index is 0.115. The van der Waals surface area contributed by atoms with Crippen LogP contribution in [0.5, 0.6) is 0 Å². The summed E-state index contributed by atoms with van der Waals surface area (Å²) in [5.41, 5.74) is 0. The van der Waals surface area contributed by atoms with Gasteiger partial charge in [0.2, 0.25) is 0 Å². The molecule has 4 nitrogen and oxygen atoms in total. The van der Waals surface area contributed by atoms with Gasteiger partial charge < -0.3 is 10.4 Å². The number of carboxylic acids is 1. The van der Waals surface area contributed by atoms with Gasteiger partial charge >= 0.3 is 5.97 Å². The second-order valence-corrected chi connectivity index (χ2v) is 4.01. The number of carbonyl (C=O) groups is 1. The zero-order valence-corrected chi connectivity index (χ0v) is 9.16. The first kappa shape index (κ1) is 11.5. The Labute approximate surface area is 85.3 Å². The molecule has 0 spiro atoms. The molecule has 2 unspecified atom stereocenters. The third kappa shape index (κ3) is 2.25. The van der Waals surface area contributed by atoms with Crippen molar-refractivity contribution in [1.29, 1.82) is 0 Å². The summed E-state index contributed by atoms with van der Waals surface area (Å²) in [4.78, 5) is 13.1. The predicted molar refractivity (Wildman–Crippen MR) is 55.3 cm³/mol. The van der Waals surface area contributed by atoms with Crippen LogP contribution in [0.4, 0.5) is 0 Å². The lowest BCUT2D eigenvalue weighted by Crippen LogP contribution is -2.60. The fraction of sp³-hybridized carbons (Fsp3) is 0.900. The van der Waals surface area contributed by atoms with Crippen LogP contribution in [0.2, 0.25) is 0 Å². The van der Waals surface area contributed by atoms with Crippen LogP contribution in [-0.4, -0.2) is 47.7 Å². The quantitative estimate of drug-likeness (QED) is 0.674. The Bertz CT molecular complexity index is 204. The molecule has 1 fully saturated rings. The summed E-state index contributed by atoms with van der Waals surface area (Å²) in [6.07, 6.45) is 0. The normalized spacial score (nSPS) is 21.7. The third-order valence-electron chi connectivity index (χ3n) is 3.23. The van der Waals surface area contributed by atoms with Crippen molar-refractivity contribution in [2.45, 2.75) is 32.9 Å². The van der Waals surface area contributed by atoms with Crippen LogP contribution in [-0.2, 0) is 4.79 Å². The molecule has 0 amide bonds. The largest absolute Gasteiger partial charge is 0.481 e. The molecule has 0 radical (unpaired) electrons. The Kier molecular flexibility index (Phi) is 3.89. The average molecular weight is 200 g/mol. The molecular weight excluding hydrogens is 180 g/mol. The lowest BCUT2D eigenvalue weighted by Gasteiger charge is -2.42. The first-order valence-electron chi connectivity index (χ1n) is 5.27. The molecule has 0 aromatic rings. The smallest absolute Gasteiger partial charge is 0.307 e. The molecule has 1 aliphatic rings. The molecule has 14 heavy (non-hydrogen) atoms. The summed E-state index contributed by atoms with van der Waals surface area (Å²) < 4.78 is 0. The number of carboxylic acid groups (broad SMARTS) is 1. The van der Waals surface area contributed by atoms with Crippen molar-refractivity contribution >= 4 is 5.97 Å². The molecule has 0 saturated carbocycles. The Morgan fingerprint density at radius 1 is 1.57 bits per heavy atom. The molecule has 1 aliphatic heterocycles. The van der Waals surface area contributed by atoms with Crippen LogP contribution < -0.4 is 5.32 Å². The van der Waals surface area contributed by atoms with E-state index >= 15 is 0 Å². The van der Waals surface area contributed by atoms with Gasteiger partial charge in [-0.15, -0.1) is 0 Å². The first-order chi connectivity index (χ1) is 6.57. The maximum Gasteiger partial charge on any atom is 0.307 e. The lowest BCUT2D eigenvalue weighted by atomic mass is 9.99. The fourth-order valence-electron chi connectivity index (χ4n) is 1.88. The molecule has 4 heteroatoms. The Hall–Kier alpha value is -0.610. The third-order valence-corrected chi connectivity index (χ3v) is 3.23. The summed E-state index contributed by atoms with van der Waals surface area (Å²) >= 11 is 0. The number of nitrogens with zero attached hydrogens (tertiary/aromatic N) is 1. The van der Waals surface area contributed by atoms with E-state index in [2.05, 4.69) is 17.1 Å². The van der Waals surface area contributed by atoms with E-state index in [1.54, 1.807) is 6.92 Å². The average Bonchev–Trinajstić information content (AvgIpc) is 2.08. The van der Waals surface area contributed by atoms with E-state index in [9.17, 15) is 4.79 Å². The topological polar surface area (TPSA) is 52.6 Å². The molecule has 0 aromatic carbocycles. The van der Waals surface area contributed by atoms with Gasteiger partial charge in [0.15, 0.2) is 0 Å². The summed E-state index contributed by atoms with van der Waals surface area (Å²) in [6.45, 7) is 8.77. The minimum atomic E-state index is -0.705. The molecule has 1 heterocycles. The van der Waals surface area contributed by atoms with Crippen LogP contribution in [0, 0.1) is 5.92 Å². The molecule has 0 aliphatic carbocycles. The van der Waals surface area contributed by atoms with E-state index in [0.29, 0.717) is 6.04 Å². The zero-order valence-electron chi connectivity index (χ0n) is 9.16. The predicted octanol–water partition coefficient (Wildman–Crippen LogP) is 0.389. The van der Waals surface area contributed by atoms with Crippen molar-refractivity contribution < 1.29 is 9.90 Å². The SMILES string of the molecule is CCN(C1CNC1)C(C)C(C)C(=O)O. The van der Waals surface area contributed by atoms with E-state index in [1.807, 2.05) is 6.92 Å². The van der Waals surface area contributed by atoms with E-state index in [1.165, 1.54) is 0 Å². The minimum Gasteiger partial charge on any atom is -0.481 e. The van der Waals surface area contributed by atoms with Gasteiger partial charge in [-0.05, 0) is 13.5 Å². The van der Waals surface area contributed by atoms with Crippen molar-refractivity contribution in [1.82, 2.24) is 10.2 Å². The Morgan fingerprint density at radius 2 is 2.14 bits per heavy atom. The van der Waals surface area contributed by atoms with Crippen molar-refractivity contribution in [3.05, 3.63) is 0 Å². The van der Waals surface area contributed by atoms with Crippen LogP contribution >= 0.6 is 0 Å². The van der Waals surface area contributed by atoms with E-state index in [-0.39, 0.29) is 12.0 Å². The highest BCUT2D eigenvalue weighted by Gasteiger charge is 2.31. The molecule has 82 valence electrons. The Morgan fingerprint density at radius 3 is 2.43 bits per heavy atom. The highest BCUT2D eigenvalue weighted by atomic mass is 16.4. The molecule has 0 bridgehead atoms. The monoisotopic (exact) mass is 200 g/mol. The molecule has 0 aromatic heterocycles. The first-order valence-corrected chi connectivity index (χ1v) is 5.27. The van der Waals surface area contributed by atoms with Crippen LogP contribution in [0.3, 0.4) is 0 Å². The van der Waals surface area contributed by atoms with Crippen molar-refractivity contribution in [3.8, 4) is 0 Å². The maximum absolute atomic E-state index is 10.8. The van der Waals surface area contributed by atoms with Gasteiger partial charge in [0.05, 0.1) is 5.92 Å². The van der Waals surface area contributed by atoms with Crippen molar-refractivity contribution in [3.63, 3.8) is 0 Å². The van der Waals surface area contributed by atoms with Crippen LogP contribution in [0.25, 0.3) is 0 Å². The van der Waals surface area contributed by atoms with E-state index < -0.39 is 5.97 Å². The Balaban J connectivity index is 2.54. The molecule has 1 saturated heterocycles. The number of nitrogens with one attached hydrogen (secondary N) is 1. The van der Waals surface area contributed by atoms with E-state index in [0.717, 1.165) is 19.6 Å².